The summed E-state index contributed by atoms with van der Waals surface area (Å²) in [6.07, 6.45) is 0. The van der Waals surface area contributed by atoms with Gasteiger partial charge in [-0.1, -0.05) is 60.1 Å². The van der Waals surface area contributed by atoms with E-state index >= 15 is 0 Å². The number of hydrogen-bond acceptors (Lipinski definition) is 6. The second-order valence-corrected chi connectivity index (χ2v) is 7.99. The van der Waals surface area contributed by atoms with E-state index in [0.717, 1.165) is 6.07 Å². The first kappa shape index (κ1) is 18.1. The third-order valence-corrected chi connectivity index (χ3v) is 6.10. The molecule has 2 aromatic carbocycles. The van der Waals surface area contributed by atoms with Crippen LogP contribution in [0.3, 0.4) is 0 Å². The SMILES string of the molecule is O=C([O-])c1cc2c(Cl)nc(-c3ccccc3)nc2n1S(=O)(=O)c1ccccc1. The van der Waals surface area contributed by atoms with Gasteiger partial charge < -0.3 is 9.90 Å². The molecule has 4 rings (SSSR count). The lowest BCUT2D eigenvalue weighted by Gasteiger charge is -2.12. The number of halogens is 1. The fourth-order valence-corrected chi connectivity index (χ4v) is 4.50. The summed E-state index contributed by atoms with van der Waals surface area (Å²) in [6.45, 7) is 0. The lowest BCUT2D eigenvalue weighted by Crippen LogP contribution is -2.28. The Morgan fingerprint density at radius 3 is 2.18 bits per heavy atom. The van der Waals surface area contributed by atoms with Crippen LogP contribution < -0.4 is 5.11 Å². The lowest BCUT2D eigenvalue weighted by atomic mass is 10.2. The molecule has 0 spiro atoms. The van der Waals surface area contributed by atoms with Crippen molar-refractivity contribution in [2.45, 2.75) is 4.90 Å². The number of aromatic nitrogens is 3. The Morgan fingerprint density at radius 2 is 1.57 bits per heavy atom. The van der Waals surface area contributed by atoms with Crippen molar-refractivity contribution in [2.24, 2.45) is 0 Å². The van der Waals surface area contributed by atoms with Crippen LogP contribution in [0.2, 0.25) is 5.15 Å². The molecular formula is C19H11ClN3O4S-. The number of carboxylic acids is 1. The van der Waals surface area contributed by atoms with Crippen LogP contribution in [0.1, 0.15) is 10.5 Å². The zero-order valence-electron chi connectivity index (χ0n) is 14.1. The van der Waals surface area contributed by atoms with Crippen LogP contribution in [-0.4, -0.2) is 28.3 Å². The minimum Gasteiger partial charge on any atom is -0.543 e. The summed E-state index contributed by atoms with van der Waals surface area (Å²) in [5, 5.41) is 11.7. The highest BCUT2D eigenvalue weighted by molar-refractivity contribution is 7.90. The van der Waals surface area contributed by atoms with Crippen LogP contribution in [0.4, 0.5) is 0 Å². The fraction of sp³-hybridized carbons (Fsp3) is 0. The van der Waals surface area contributed by atoms with Gasteiger partial charge in [-0.15, -0.1) is 0 Å². The average Bonchev–Trinajstić information content (AvgIpc) is 3.11. The predicted molar refractivity (Wildman–Crippen MR) is 101 cm³/mol. The Balaban J connectivity index is 2.08. The molecule has 9 heteroatoms. The Hall–Kier alpha value is -3.23. The van der Waals surface area contributed by atoms with E-state index in [2.05, 4.69) is 9.97 Å². The molecule has 140 valence electrons. The van der Waals surface area contributed by atoms with Gasteiger partial charge in [-0.05, 0) is 18.2 Å². The molecule has 0 aliphatic rings. The Morgan fingerprint density at radius 1 is 0.964 bits per heavy atom. The molecule has 0 saturated heterocycles. The summed E-state index contributed by atoms with van der Waals surface area (Å²) in [5.74, 6) is -1.50. The van der Waals surface area contributed by atoms with Crippen LogP contribution in [0.5, 0.6) is 0 Å². The molecule has 2 heterocycles. The molecule has 0 bridgehead atoms. The number of carbonyl (C=O) groups is 1. The quantitative estimate of drug-likeness (QED) is 0.476. The molecule has 0 fully saturated rings. The molecule has 0 amide bonds. The van der Waals surface area contributed by atoms with Crippen molar-refractivity contribution in [3.63, 3.8) is 0 Å². The van der Waals surface area contributed by atoms with Crippen molar-refractivity contribution in [2.75, 3.05) is 0 Å². The summed E-state index contributed by atoms with van der Waals surface area (Å²) >= 11 is 6.23. The van der Waals surface area contributed by atoms with Gasteiger partial charge in [0, 0.05) is 5.56 Å². The number of carbonyl (C=O) groups excluding carboxylic acids is 1. The first-order valence-corrected chi connectivity index (χ1v) is 9.88. The van der Waals surface area contributed by atoms with Gasteiger partial charge in [0.05, 0.1) is 21.9 Å². The van der Waals surface area contributed by atoms with E-state index in [1.54, 1.807) is 36.4 Å². The van der Waals surface area contributed by atoms with Crippen molar-refractivity contribution in [1.29, 1.82) is 0 Å². The van der Waals surface area contributed by atoms with Crippen LogP contribution >= 0.6 is 11.6 Å². The Kier molecular flexibility index (Phi) is 4.37. The summed E-state index contributed by atoms with van der Waals surface area (Å²) in [5.41, 5.74) is -0.117. The van der Waals surface area contributed by atoms with Crippen LogP contribution in [-0.2, 0) is 10.0 Å². The molecule has 0 aliphatic carbocycles. The second-order valence-electron chi connectivity index (χ2n) is 5.84. The molecule has 0 saturated carbocycles. The summed E-state index contributed by atoms with van der Waals surface area (Å²) in [6, 6.07) is 17.4. The van der Waals surface area contributed by atoms with Crippen molar-refractivity contribution >= 4 is 38.6 Å². The predicted octanol–water partition coefficient (Wildman–Crippen LogP) is 2.35. The molecular weight excluding hydrogens is 402 g/mol. The number of carboxylic acid groups (broad SMARTS) is 1. The number of fused-ring (bicyclic) bond motifs is 1. The summed E-state index contributed by atoms with van der Waals surface area (Å²) < 4.78 is 27.0. The summed E-state index contributed by atoms with van der Waals surface area (Å²) in [4.78, 5) is 20.0. The van der Waals surface area contributed by atoms with Crippen LogP contribution in [0, 0.1) is 0 Å². The van der Waals surface area contributed by atoms with Crippen molar-refractivity contribution in [3.05, 3.63) is 77.6 Å². The van der Waals surface area contributed by atoms with Gasteiger partial charge >= 0.3 is 0 Å². The van der Waals surface area contributed by atoms with E-state index in [-0.39, 0.29) is 26.9 Å². The fourth-order valence-electron chi connectivity index (χ4n) is 2.82. The zero-order chi connectivity index (χ0) is 19.9. The van der Waals surface area contributed by atoms with Crippen molar-refractivity contribution < 1.29 is 18.3 Å². The third-order valence-electron chi connectivity index (χ3n) is 4.09. The standard InChI is InChI=1S/C19H12ClN3O4S/c20-16-14-11-15(19(24)25)23(28(26,27)13-9-5-2-6-10-13)18(14)22-17(21-16)12-7-3-1-4-8-12/h1-11H,(H,24,25)/p-1. The lowest BCUT2D eigenvalue weighted by molar-refractivity contribution is -0.255. The summed E-state index contributed by atoms with van der Waals surface area (Å²) in [7, 11) is -4.27. The zero-order valence-corrected chi connectivity index (χ0v) is 15.7. The van der Waals surface area contributed by atoms with Gasteiger partial charge in [0.25, 0.3) is 10.0 Å². The minimum atomic E-state index is -4.27. The van der Waals surface area contributed by atoms with Gasteiger partial charge in [0.2, 0.25) is 0 Å². The second kappa shape index (κ2) is 6.74. The smallest absolute Gasteiger partial charge is 0.269 e. The van der Waals surface area contributed by atoms with E-state index in [1.165, 1.54) is 24.3 Å². The van der Waals surface area contributed by atoms with Gasteiger partial charge in [0.1, 0.15) is 5.15 Å². The average molecular weight is 413 g/mol. The van der Waals surface area contributed by atoms with Gasteiger partial charge in [0.15, 0.2) is 11.5 Å². The highest BCUT2D eigenvalue weighted by Gasteiger charge is 2.26. The first-order valence-electron chi connectivity index (χ1n) is 8.06. The highest BCUT2D eigenvalue weighted by Crippen LogP contribution is 2.30. The van der Waals surface area contributed by atoms with E-state index in [0.29, 0.717) is 9.54 Å². The van der Waals surface area contributed by atoms with E-state index < -0.39 is 21.7 Å². The number of rotatable bonds is 4. The maximum atomic E-state index is 13.2. The molecule has 0 unspecified atom stereocenters. The van der Waals surface area contributed by atoms with Gasteiger partial charge in [-0.2, -0.15) is 0 Å². The molecule has 0 N–H and O–H groups in total. The molecule has 0 aliphatic heterocycles. The topological polar surface area (TPSA) is 105 Å². The normalized spacial score (nSPS) is 11.6. The van der Waals surface area contributed by atoms with Crippen molar-refractivity contribution in [3.8, 4) is 11.4 Å². The maximum Gasteiger partial charge on any atom is 0.269 e. The van der Waals surface area contributed by atoms with Crippen LogP contribution in [0.15, 0.2) is 71.6 Å². The van der Waals surface area contributed by atoms with Gasteiger partial charge in [-0.25, -0.2) is 22.4 Å². The molecule has 7 nitrogen and oxygen atoms in total. The Labute approximate surface area is 164 Å². The largest absolute Gasteiger partial charge is 0.543 e. The number of nitrogens with zero attached hydrogens (tertiary/aromatic N) is 3. The van der Waals surface area contributed by atoms with E-state index in [4.69, 9.17) is 11.6 Å². The third kappa shape index (κ3) is 2.92. The molecule has 0 atom stereocenters. The van der Waals surface area contributed by atoms with Gasteiger partial charge in [-0.3, -0.25) is 0 Å². The molecule has 2 aromatic heterocycles. The maximum absolute atomic E-state index is 13.2. The highest BCUT2D eigenvalue weighted by atomic mass is 35.5. The number of aromatic carboxylic acids is 1. The minimum absolute atomic E-state index is 0.0617. The molecule has 28 heavy (non-hydrogen) atoms. The monoisotopic (exact) mass is 412 g/mol. The van der Waals surface area contributed by atoms with E-state index in [9.17, 15) is 18.3 Å². The molecule has 4 aromatic rings. The van der Waals surface area contributed by atoms with E-state index in [1.807, 2.05) is 0 Å². The number of benzene rings is 2. The van der Waals surface area contributed by atoms with Crippen molar-refractivity contribution in [1.82, 2.24) is 13.9 Å². The Bertz CT molecular complexity index is 1300. The van der Waals surface area contributed by atoms with Crippen LogP contribution in [0.25, 0.3) is 22.4 Å². The first-order chi connectivity index (χ1) is 13.4. The molecule has 0 radical (unpaired) electrons. The number of hydrogen-bond donors (Lipinski definition) is 0.